The summed E-state index contributed by atoms with van der Waals surface area (Å²) in [7, 11) is -4.81. The van der Waals surface area contributed by atoms with E-state index in [1.54, 1.807) is 0 Å². The van der Waals surface area contributed by atoms with Gasteiger partial charge in [-0.15, -0.1) is 0 Å². The smallest absolute Gasteiger partial charge is 0.469 e. The Hall–Kier alpha value is -0.470. The molecule has 21 heavy (non-hydrogen) atoms. The van der Waals surface area contributed by atoms with Gasteiger partial charge in [0.25, 0.3) is 0 Å². The summed E-state index contributed by atoms with van der Waals surface area (Å²) in [5, 5.41) is 12.1. The van der Waals surface area contributed by atoms with Gasteiger partial charge < -0.3 is 20.2 Å². The number of amides is 1. The van der Waals surface area contributed by atoms with Crippen LogP contribution in [0.5, 0.6) is 0 Å². The Morgan fingerprint density at radius 3 is 2.29 bits per heavy atom. The molecule has 124 valence electrons. The third-order valence-corrected chi connectivity index (χ3v) is 3.81. The number of carboxylic acids is 1. The number of carboxylic acid groups (broad SMARTS) is 1. The average Bonchev–Trinajstić information content (AvgIpc) is 2.33. The first-order valence-corrected chi connectivity index (χ1v) is 9.14. The minimum atomic E-state index is -4.81. The van der Waals surface area contributed by atoms with E-state index in [0.717, 1.165) is 24.6 Å². The van der Waals surface area contributed by atoms with Crippen LogP contribution in [0.25, 0.3) is 0 Å². The van der Waals surface area contributed by atoms with Gasteiger partial charge in [-0.3, -0.25) is 9.32 Å². The van der Waals surface area contributed by atoms with Crippen molar-refractivity contribution >= 4 is 35.6 Å². The van der Waals surface area contributed by atoms with Gasteiger partial charge in [0.05, 0.1) is 6.10 Å². The first-order chi connectivity index (χ1) is 9.67. The summed E-state index contributed by atoms with van der Waals surface area (Å²) in [6.07, 6.45) is 2.27. The Labute approximate surface area is 131 Å². The molecular weight excluding hydrogens is 369 g/mol. The van der Waals surface area contributed by atoms with E-state index in [-0.39, 0.29) is 6.42 Å². The molecule has 0 radical (unpaired) electrons. The van der Waals surface area contributed by atoms with E-state index in [2.05, 4.69) is 25.8 Å². The van der Waals surface area contributed by atoms with Crippen molar-refractivity contribution in [3.8, 4) is 0 Å². The van der Waals surface area contributed by atoms with Gasteiger partial charge in [-0.05, 0) is 19.8 Å². The van der Waals surface area contributed by atoms with Gasteiger partial charge in [0, 0.05) is 11.8 Å². The third-order valence-electron chi connectivity index (χ3n) is 2.64. The largest absolute Gasteiger partial charge is 0.480 e. The summed E-state index contributed by atoms with van der Waals surface area (Å²) in [5.74, 6) is -1.90. The van der Waals surface area contributed by atoms with E-state index >= 15 is 0 Å². The molecule has 0 aliphatic carbocycles. The van der Waals surface area contributed by atoms with Gasteiger partial charge in [0.1, 0.15) is 0 Å². The van der Waals surface area contributed by atoms with Crippen molar-refractivity contribution < 1.29 is 33.6 Å². The predicted octanol–water partition coefficient (Wildman–Crippen LogP) is 1.40. The number of carbonyl (C=O) groups excluding carboxylic acids is 1. The lowest BCUT2D eigenvalue weighted by Gasteiger charge is -2.21. The van der Waals surface area contributed by atoms with Crippen LogP contribution in [0.2, 0.25) is 0 Å². The third kappa shape index (κ3) is 10.8. The summed E-state index contributed by atoms with van der Waals surface area (Å²) < 4.78 is 15.0. The van der Waals surface area contributed by atoms with Crippen molar-refractivity contribution in [3.05, 3.63) is 0 Å². The predicted molar refractivity (Wildman–Crippen MR) is 79.0 cm³/mol. The average molecular weight is 390 g/mol. The molecule has 10 heteroatoms. The number of aliphatic carboxylic acids is 1. The molecule has 0 saturated carbocycles. The standard InChI is InChI=1S/C11H21BrNO7P/c1-8(20-21(17,18)19)10(11(15)16)13-9(14)6-4-2-3-5-7-12/h8,10H,2-7H2,1H3,(H,13,14)(H,15,16)(H2,17,18,19)/t8-,10+/m1/s1. The second kappa shape index (κ2) is 10.3. The molecule has 0 unspecified atom stereocenters. The monoisotopic (exact) mass is 389 g/mol. The van der Waals surface area contributed by atoms with E-state index < -0.39 is 31.8 Å². The normalized spacial score (nSPS) is 14.5. The molecule has 1 amide bonds. The first kappa shape index (κ1) is 20.5. The van der Waals surface area contributed by atoms with Gasteiger partial charge in [-0.1, -0.05) is 28.8 Å². The molecule has 0 saturated heterocycles. The van der Waals surface area contributed by atoms with Crippen molar-refractivity contribution in [2.75, 3.05) is 5.33 Å². The number of alkyl halides is 1. The maximum Gasteiger partial charge on any atom is 0.469 e. The number of rotatable bonds is 11. The SMILES string of the molecule is C[C@@H](OP(=O)(O)O)[C@H](NC(=O)CCCCCCBr)C(=O)O. The molecule has 8 nitrogen and oxygen atoms in total. The number of phosphoric ester groups is 1. The fourth-order valence-electron chi connectivity index (χ4n) is 1.64. The molecule has 2 atom stereocenters. The zero-order valence-electron chi connectivity index (χ0n) is 11.7. The topological polar surface area (TPSA) is 133 Å². The molecule has 0 heterocycles. The molecule has 0 aliphatic rings. The molecule has 0 spiro atoms. The van der Waals surface area contributed by atoms with Crippen LogP contribution in [0.15, 0.2) is 0 Å². The number of nitrogens with one attached hydrogen (secondary N) is 1. The summed E-state index contributed by atoms with van der Waals surface area (Å²) in [6.45, 7) is 1.17. The maximum absolute atomic E-state index is 11.6. The fraction of sp³-hybridized carbons (Fsp3) is 0.818. The minimum Gasteiger partial charge on any atom is -0.480 e. The van der Waals surface area contributed by atoms with Gasteiger partial charge >= 0.3 is 13.8 Å². The van der Waals surface area contributed by atoms with E-state index in [1.165, 1.54) is 6.92 Å². The molecule has 0 aromatic heterocycles. The van der Waals surface area contributed by atoms with Crippen molar-refractivity contribution in [1.82, 2.24) is 5.32 Å². The van der Waals surface area contributed by atoms with Crippen molar-refractivity contribution in [1.29, 1.82) is 0 Å². The highest BCUT2D eigenvalue weighted by atomic mass is 79.9. The lowest BCUT2D eigenvalue weighted by atomic mass is 10.1. The highest BCUT2D eigenvalue weighted by Gasteiger charge is 2.32. The van der Waals surface area contributed by atoms with Crippen LogP contribution in [-0.4, -0.2) is 44.2 Å². The summed E-state index contributed by atoms with van der Waals surface area (Å²) in [4.78, 5) is 40.0. The van der Waals surface area contributed by atoms with Gasteiger partial charge in [0.15, 0.2) is 6.04 Å². The Morgan fingerprint density at radius 2 is 1.81 bits per heavy atom. The number of carbonyl (C=O) groups is 2. The molecule has 0 rings (SSSR count). The number of unbranched alkanes of at least 4 members (excludes halogenated alkanes) is 3. The maximum atomic E-state index is 11.6. The highest BCUT2D eigenvalue weighted by molar-refractivity contribution is 9.09. The molecule has 0 bridgehead atoms. The van der Waals surface area contributed by atoms with Crippen molar-refractivity contribution in [2.24, 2.45) is 0 Å². The zero-order valence-corrected chi connectivity index (χ0v) is 14.2. The number of hydrogen-bond acceptors (Lipinski definition) is 4. The van der Waals surface area contributed by atoms with E-state index in [4.69, 9.17) is 14.9 Å². The molecular formula is C11H21BrNO7P. The van der Waals surface area contributed by atoms with Crippen LogP contribution < -0.4 is 5.32 Å². The van der Waals surface area contributed by atoms with Crippen molar-refractivity contribution in [2.45, 2.75) is 51.2 Å². The first-order valence-electron chi connectivity index (χ1n) is 6.49. The van der Waals surface area contributed by atoms with Crippen LogP contribution >= 0.6 is 23.8 Å². The van der Waals surface area contributed by atoms with Crippen molar-refractivity contribution in [3.63, 3.8) is 0 Å². The minimum absolute atomic E-state index is 0.161. The van der Waals surface area contributed by atoms with Crippen LogP contribution in [0.4, 0.5) is 0 Å². The van der Waals surface area contributed by atoms with E-state index in [9.17, 15) is 14.2 Å². The highest BCUT2D eigenvalue weighted by Crippen LogP contribution is 2.38. The van der Waals surface area contributed by atoms with Crippen LogP contribution in [0.1, 0.15) is 39.0 Å². The molecule has 4 N–H and O–H groups in total. The molecule has 0 aromatic rings. The molecule has 0 aliphatic heterocycles. The second-order valence-electron chi connectivity index (χ2n) is 4.54. The van der Waals surface area contributed by atoms with Gasteiger partial charge in [0.2, 0.25) is 5.91 Å². The quantitative estimate of drug-likeness (QED) is 0.238. The Morgan fingerprint density at radius 1 is 1.24 bits per heavy atom. The Balaban J connectivity index is 4.28. The summed E-state index contributed by atoms with van der Waals surface area (Å²) in [6, 6.07) is -1.51. The Bertz CT molecular complexity index is 387. The van der Waals surface area contributed by atoms with E-state index in [1.807, 2.05) is 0 Å². The molecule has 0 fully saturated rings. The molecule has 0 aromatic carbocycles. The van der Waals surface area contributed by atoms with Gasteiger partial charge in [-0.25, -0.2) is 9.36 Å². The summed E-state index contributed by atoms with van der Waals surface area (Å²) >= 11 is 3.30. The lowest BCUT2D eigenvalue weighted by molar-refractivity contribution is -0.144. The number of phosphoric acid groups is 1. The van der Waals surface area contributed by atoms with Gasteiger partial charge in [-0.2, -0.15) is 0 Å². The zero-order chi connectivity index (χ0) is 16.5. The van der Waals surface area contributed by atoms with Crippen LogP contribution in [-0.2, 0) is 18.7 Å². The summed E-state index contributed by atoms with van der Waals surface area (Å²) in [5.41, 5.74) is 0. The lowest BCUT2D eigenvalue weighted by Crippen LogP contribution is -2.48. The number of halogens is 1. The number of hydrogen-bond donors (Lipinski definition) is 4. The fourth-order valence-corrected chi connectivity index (χ4v) is 2.59. The Kier molecular flexibility index (Phi) is 10.1. The van der Waals surface area contributed by atoms with Crippen LogP contribution in [0, 0.1) is 0 Å². The van der Waals surface area contributed by atoms with Crippen LogP contribution in [0.3, 0.4) is 0 Å². The van der Waals surface area contributed by atoms with E-state index in [0.29, 0.717) is 6.42 Å². The second-order valence-corrected chi connectivity index (χ2v) is 6.52.